The minimum Gasteiger partial charge on any atom is -0.388 e. The maximum absolute atomic E-state index is 13.1. The molecular weight excluding hydrogens is 373 g/mol. The third-order valence-electron chi connectivity index (χ3n) is 5.14. The quantitative estimate of drug-likeness (QED) is 0.669. The van der Waals surface area contributed by atoms with Gasteiger partial charge in [0.05, 0.1) is 0 Å². The fourth-order valence-electron chi connectivity index (χ4n) is 3.62. The maximum atomic E-state index is 13.1. The Morgan fingerprint density at radius 1 is 1.25 bits per heavy atom. The summed E-state index contributed by atoms with van der Waals surface area (Å²) in [6.45, 7) is 10.2. The molecule has 28 heavy (non-hydrogen) atoms. The first-order valence-electron chi connectivity index (χ1n) is 9.54. The number of nitrogens with zero attached hydrogens (tertiary/aromatic N) is 2. The fourth-order valence-corrected chi connectivity index (χ4v) is 3.80. The van der Waals surface area contributed by atoms with Gasteiger partial charge in [0.25, 0.3) is 0 Å². The lowest BCUT2D eigenvalue weighted by Crippen LogP contribution is -2.50. The van der Waals surface area contributed by atoms with Crippen LogP contribution in [0.4, 0.5) is 10.1 Å². The van der Waals surface area contributed by atoms with Gasteiger partial charge in [0.1, 0.15) is 5.82 Å². The number of benzene rings is 2. The van der Waals surface area contributed by atoms with Crippen molar-refractivity contribution in [3.05, 3.63) is 82.8 Å². The lowest BCUT2D eigenvalue weighted by atomic mass is 10.1. The van der Waals surface area contributed by atoms with Crippen LogP contribution in [0.3, 0.4) is 0 Å². The van der Waals surface area contributed by atoms with Crippen molar-refractivity contribution in [3.8, 4) is 0 Å². The molecule has 0 radical (unpaired) electrons. The zero-order valence-electron chi connectivity index (χ0n) is 16.5. The highest BCUT2D eigenvalue weighted by atomic mass is 35.5. The smallest absolute Gasteiger partial charge is 0.123 e. The molecule has 0 spiro atoms. The minimum atomic E-state index is -0.188. The molecule has 5 heteroatoms. The maximum Gasteiger partial charge on any atom is 0.123 e. The largest absolute Gasteiger partial charge is 0.388 e. The molecule has 0 aliphatic carbocycles. The van der Waals surface area contributed by atoms with E-state index >= 15 is 0 Å². The first-order valence-corrected chi connectivity index (χ1v) is 9.92. The van der Waals surface area contributed by atoms with Gasteiger partial charge in [-0.15, -0.1) is 0 Å². The Bertz CT molecular complexity index is 847. The van der Waals surface area contributed by atoms with Crippen LogP contribution in [0, 0.1) is 5.82 Å². The summed E-state index contributed by atoms with van der Waals surface area (Å²) in [5, 5.41) is 3.89. The Morgan fingerprint density at radius 3 is 2.68 bits per heavy atom. The molecule has 1 aliphatic rings. The Hall–Kier alpha value is -2.30. The molecule has 1 N–H and O–H groups in total. The monoisotopic (exact) mass is 399 g/mol. The number of halogens is 2. The summed E-state index contributed by atoms with van der Waals surface area (Å²) in [5.74, 6) is -0.188. The van der Waals surface area contributed by atoms with Gasteiger partial charge in [0.15, 0.2) is 0 Å². The van der Waals surface area contributed by atoms with E-state index < -0.39 is 0 Å². The molecule has 1 fully saturated rings. The highest BCUT2D eigenvalue weighted by molar-refractivity contribution is 6.30. The first-order chi connectivity index (χ1) is 13.5. The summed E-state index contributed by atoms with van der Waals surface area (Å²) >= 11 is 6.07. The van der Waals surface area contributed by atoms with Gasteiger partial charge in [-0.2, -0.15) is 0 Å². The number of nitrogens with one attached hydrogen (secondary N) is 1. The van der Waals surface area contributed by atoms with Gasteiger partial charge in [-0.3, -0.25) is 4.90 Å². The predicted octanol–water partition coefficient (Wildman–Crippen LogP) is 5.25. The van der Waals surface area contributed by atoms with Gasteiger partial charge in [-0.25, -0.2) is 4.39 Å². The molecule has 3 nitrogen and oxygen atoms in total. The van der Waals surface area contributed by atoms with Crippen molar-refractivity contribution in [1.29, 1.82) is 0 Å². The van der Waals surface area contributed by atoms with E-state index in [4.69, 9.17) is 11.6 Å². The zero-order valence-corrected chi connectivity index (χ0v) is 17.2. The molecule has 0 amide bonds. The Kier molecular flexibility index (Phi) is 6.76. The van der Waals surface area contributed by atoms with E-state index in [1.54, 1.807) is 0 Å². The molecule has 2 aromatic carbocycles. The highest BCUT2D eigenvalue weighted by Gasteiger charge is 2.23. The summed E-state index contributed by atoms with van der Waals surface area (Å²) in [6, 6.07) is 12.9. The number of hydrogen-bond acceptors (Lipinski definition) is 3. The third-order valence-corrected chi connectivity index (χ3v) is 5.38. The van der Waals surface area contributed by atoms with Crippen LogP contribution < -0.4 is 5.32 Å². The summed E-state index contributed by atoms with van der Waals surface area (Å²) in [6.07, 6.45) is 4.14. The zero-order chi connectivity index (χ0) is 20.1. The Balaban J connectivity index is 1.59. The molecule has 0 saturated carbocycles. The van der Waals surface area contributed by atoms with Gasteiger partial charge in [0.2, 0.25) is 0 Å². The van der Waals surface area contributed by atoms with E-state index in [0.29, 0.717) is 11.1 Å². The molecule has 1 heterocycles. The van der Waals surface area contributed by atoms with Crippen molar-refractivity contribution < 1.29 is 4.39 Å². The SMILES string of the molecule is C=C(/C=C/c1ccc(Cl)cc1NC)N1CCN(Cc2ccc(F)cc2)C[C@H]1C. The van der Waals surface area contributed by atoms with Gasteiger partial charge < -0.3 is 10.2 Å². The summed E-state index contributed by atoms with van der Waals surface area (Å²) in [7, 11) is 1.89. The second-order valence-corrected chi connectivity index (χ2v) is 7.65. The van der Waals surface area contributed by atoms with Crippen molar-refractivity contribution >= 4 is 23.4 Å². The summed E-state index contributed by atoms with van der Waals surface area (Å²) in [4.78, 5) is 4.75. The molecule has 1 atom stereocenters. The molecule has 0 bridgehead atoms. The van der Waals surface area contributed by atoms with Crippen molar-refractivity contribution in [3.63, 3.8) is 0 Å². The topological polar surface area (TPSA) is 18.5 Å². The highest BCUT2D eigenvalue weighted by Crippen LogP contribution is 2.23. The molecule has 0 unspecified atom stereocenters. The van der Waals surface area contributed by atoms with Crippen LogP contribution in [0.15, 0.2) is 60.8 Å². The number of hydrogen-bond donors (Lipinski definition) is 1. The van der Waals surface area contributed by atoms with Crippen molar-refractivity contribution in [2.45, 2.75) is 19.5 Å². The number of allylic oxidation sites excluding steroid dienone is 1. The standard InChI is InChI=1S/C23H27ClFN3/c1-17(4-7-20-8-9-21(24)14-23(20)26-3)28-13-12-27(15-18(28)2)16-19-5-10-22(25)11-6-19/h4-11,14,18,26H,1,12-13,15-16H2,2-3H3/b7-4+/t18-/m1/s1. The van der Waals surface area contributed by atoms with Gasteiger partial charge in [-0.1, -0.05) is 42.5 Å². The predicted molar refractivity (Wildman–Crippen MR) is 117 cm³/mol. The first kappa shape index (κ1) is 20.4. The van der Waals surface area contributed by atoms with Crippen molar-refractivity contribution in [1.82, 2.24) is 9.80 Å². The van der Waals surface area contributed by atoms with Crippen LogP contribution in [-0.4, -0.2) is 42.5 Å². The second-order valence-electron chi connectivity index (χ2n) is 7.21. The minimum absolute atomic E-state index is 0.188. The lowest BCUT2D eigenvalue weighted by Gasteiger charge is -2.41. The fraction of sp³-hybridized carbons (Fsp3) is 0.304. The lowest BCUT2D eigenvalue weighted by molar-refractivity contribution is 0.109. The molecule has 3 rings (SSSR count). The van der Waals surface area contributed by atoms with Crippen LogP contribution >= 0.6 is 11.6 Å². The molecule has 1 aliphatic heterocycles. The van der Waals surface area contributed by atoms with Crippen LogP contribution in [0.5, 0.6) is 0 Å². The van der Waals surface area contributed by atoms with Crippen LogP contribution in [0.1, 0.15) is 18.1 Å². The van der Waals surface area contributed by atoms with Gasteiger partial charge in [0, 0.05) is 55.7 Å². The summed E-state index contributed by atoms with van der Waals surface area (Å²) in [5.41, 5.74) is 4.22. The number of rotatable bonds is 6. The van der Waals surface area contributed by atoms with Gasteiger partial charge >= 0.3 is 0 Å². The van der Waals surface area contributed by atoms with E-state index in [2.05, 4.69) is 40.8 Å². The van der Waals surface area contributed by atoms with Gasteiger partial charge in [-0.05, 0) is 48.4 Å². The second kappa shape index (κ2) is 9.26. The molecule has 2 aromatic rings. The van der Waals surface area contributed by atoms with E-state index in [9.17, 15) is 4.39 Å². The van der Waals surface area contributed by atoms with Crippen LogP contribution in [0.2, 0.25) is 5.02 Å². The van der Waals surface area contributed by atoms with E-state index in [-0.39, 0.29) is 5.82 Å². The van der Waals surface area contributed by atoms with Crippen molar-refractivity contribution in [2.24, 2.45) is 0 Å². The Labute approximate surface area is 172 Å². The molecule has 1 saturated heterocycles. The molecular formula is C23H27ClFN3. The Morgan fingerprint density at radius 2 is 2.00 bits per heavy atom. The number of anilines is 1. The third kappa shape index (κ3) is 5.15. The van der Waals surface area contributed by atoms with Crippen molar-refractivity contribution in [2.75, 3.05) is 32.0 Å². The summed E-state index contributed by atoms with van der Waals surface area (Å²) < 4.78 is 13.1. The average molecular weight is 400 g/mol. The van der Waals surface area contributed by atoms with E-state index in [1.807, 2.05) is 37.4 Å². The molecule has 148 valence electrons. The number of piperazine rings is 1. The molecule has 0 aromatic heterocycles. The normalized spacial score (nSPS) is 17.9. The van der Waals surface area contributed by atoms with Crippen LogP contribution in [-0.2, 0) is 6.54 Å². The van der Waals surface area contributed by atoms with Crippen LogP contribution in [0.25, 0.3) is 6.08 Å². The van der Waals surface area contributed by atoms with E-state index in [0.717, 1.165) is 48.7 Å². The van der Waals surface area contributed by atoms with E-state index in [1.165, 1.54) is 12.1 Å². The average Bonchev–Trinajstić information content (AvgIpc) is 2.68.